The zero-order chi connectivity index (χ0) is 25.2. The summed E-state index contributed by atoms with van der Waals surface area (Å²) < 4.78 is 41.0. The second kappa shape index (κ2) is 10.00. The van der Waals surface area contributed by atoms with Crippen molar-refractivity contribution in [1.29, 1.82) is 0 Å². The Hall–Kier alpha value is -3.80. The Morgan fingerprint density at radius 2 is 1.85 bits per heavy atom. The van der Waals surface area contributed by atoms with Gasteiger partial charge in [-0.25, -0.2) is 33.1 Å². The van der Waals surface area contributed by atoms with Gasteiger partial charge in [-0.2, -0.15) is 0 Å². The van der Waals surface area contributed by atoms with Crippen LogP contribution in [0.25, 0.3) is 11.0 Å². The van der Waals surface area contributed by atoms with Crippen molar-refractivity contribution in [2.45, 2.75) is 33.2 Å². The van der Waals surface area contributed by atoms with Gasteiger partial charge in [-0.3, -0.25) is 15.5 Å². The van der Waals surface area contributed by atoms with Crippen LogP contribution in [0.2, 0.25) is 0 Å². The summed E-state index contributed by atoms with van der Waals surface area (Å²) in [7, 11) is 3.12. The molecule has 2 heterocycles. The Balaban J connectivity index is 2.16. The number of aliphatic imine (C=N–C) groups is 1. The molecule has 0 spiro atoms. The number of carbonyl (C=O) groups is 1. The Labute approximate surface area is 193 Å². The van der Waals surface area contributed by atoms with Gasteiger partial charge in [0.05, 0.1) is 22.6 Å². The predicted octanol–water partition coefficient (Wildman–Crippen LogP) is 4.31. The number of pyridine rings is 1. The van der Waals surface area contributed by atoms with Gasteiger partial charge in [-0.1, -0.05) is 18.2 Å². The van der Waals surface area contributed by atoms with Crippen LogP contribution >= 0.6 is 0 Å². The van der Waals surface area contributed by atoms with Gasteiger partial charge in [0.25, 0.3) is 12.3 Å². The van der Waals surface area contributed by atoms with E-state index in [9.17, 15) is 18.0 Å². The van der Waals surface area contributed by atoms with Gasteiger partial charge in [-0.05, 0) is 26.8 Å². The molecular formula is C22H24F3N7O2. The molecule has 0 saturated heterocycles. The fourth-order valence-electron chi connectivity index (χ4n) is 3.29. The highest BCUT2D eigenvalue weighted by molar-refractivity contribution is 6.03. The summed E-state index contributed by atoms with van der Waals surface area (Å²) >= 11 is 0. The second-order valence-electron chi connectivity index (χ2n) is 7.78. The van der Waals surface area contributed by atoms with Gasteiger partial charge in [0.15, 0.2) is 11.5 Å². The lowest BCUT2D eigenvalue weighted by molar-refractivity contribution is 0.0828. The van der Waals surface area contributed by atoms with Crippen LogP contribution in [-0.2, 0) is 0 Å². The van der Waals surface area contributed by atoms with Gasteiger partial charge < -0.3 is 10.2 Å². The number of hydrogen-bond donors (Lipinski definition) is 3. The number of aryl methyl sites for hydroxylation is 1. The fourth-order valence-corrected chi connectivity index (χ4v) is 3.29. The molecule has 1 atom stereocenters. The molecule has 1 unspecified atom stereocenters. The van der Waals surface area contributed by atoms with Gasteiger partial charge >= 0.3 is 0 Å². The quantitative estimate of drug-likeness (QED) is 0.276. The zero-order valence-corrected chi connectivity index (χ0v) is 19.2. The molecule has 1 amide bonds. The SMILES string of the molecule is CC(=Nc1nc2nc(C)nc(NC(C)c3cccc(C(F)F)c3F)c2cc1C(=O)N(C)C)NO. The van der Waals surface area contributed by atoms with Gasteiger partial charge in [-0.15, -0.1) is 0 Å². The average Bonchev–Trinajstić information content (AvgIpc) is 2.77. The number of aromatic nitrogens is 3. The number of nitrogens with zero attached hydrogens (tertiary/aromatic N) is 5. The van der Waals surface area contributed by atoms with Gasteiger partial charge in [0.2, 0.25) is 0 Å². The molecule has 3 rings (SSSR count). The molecule has 0 aliphatic carbocycles. The monoisotopic (exact) mass is 475 g/mol. The standard InChI is InChI=1S/C22H24F3N7O2/c1-10(13-7-6-8-14(17(13)23)18(24)25)26-19-15-9-16(22(33)32(4)5)21(29-12(3)31-34)30-20(15)28-11(2)27-19/h6-10,18,34H,1-5H3,(H2,26,27,28,29,30,31). The van der Waals surface area contributed by atoms with Crippen molar-refractivity contribution in [3.05, 3.63) is 52.6 Å². The van der Waals surface area contributed by atoms with Crippen LogP contribution in [0.15, 0.2) is 29.3 Å². The number of alkyl halides is 2. The second-order valence-corrected chi connectivity index (χ2v) is 7.78. The lowest BCUT2D eigenvalue weighted by Gasteiger charge is -2.19. The van der Waals surface area contributed by atoms with Crippen molar-refractivity contribution in [2.24, 2.45) is 4.99 Å². The third-order valence-corrected chi connectivity index (χ3v) is 4.96. The maximum atomic E-state index is 14.7. The molecule has 0 radical (unpaired) electrons. The van der Waals surface area contributed by atoms with Crippen LogP contribution in [0.3, 0.4) is 0 Å². The molecule has 0 aliphatic heterocycles. The summed E-state index contributed by atoms with van der Waals surface area (Å²) in [5, 5.41) is 12.5. The number of hydrogen-bond acceptors (Lipinski definition) is 7. The summed E-state index contributed by atoms with van der Waals surface area (Å²) in [6, 6.07) is 4.55. The Kier molecular flexibility index (Phi) is 7.30. The van der Waals surface area contributed by atoms with Gasteiger partial charge in [0.1, 0.15) is 23.3 Å². The molecule has 180 valence electrons. The minimum atomic E-state index is -2.95. The minimum absolute atomic E-state index is 0.0260. The van der Waals surface area contributed by atoms with E-state index in [0.29, 0.717) is 11.2 Å². The minimum Gasteiger partial charge on any atom is -0.363 e. The third-order valence-electron chi connectivity index (χ3n) is 4.96. The van der Waals surface area contributed by atoms with Crippen molar-refractivity contribution in [2.75, 3.05) is 19.4 Å². The number of fused-ring (bicyclic) bond motifs is 1. The fraction of sp³-hybridized carbons (Fsp3) is 0.318. The Bertz CT molecular complexity index is 1260. The summed E-state index contributed by atoms with van der Waals surface area (Å²) in [4.78, 5) is 31.3. The maximum absolute atomic E-state index is 14.7. The van der Waals surface area contributed by atoms with E-state index in [1.54, 1.807) is 27.9 Å². The molecule has 34 heavy (non-hydrogen) atoms. The largest absolute Gasteiger partial charge is 0.363 e. The first-order valence-corrected chi connectivity index (χ1v) is 10.2. The van der Waals surface area contributed by atoms with Crippen molar-refractivity contribution >= 4 is 34.4 Å². The Morgan fingerprint density at radius 3 is 2.47 bits per heavy atom. The van der Waals surface area contributed by atoms with E-state index in [0.717, 1.165) is 6.07 Å². The van der Waals surface area contributed by atoms with Crippen molar-refractivity contribution in [1.82, 2.24) is 25.3 Å². The average molecular weight is 475 g/mol. The topological polar surface area (TPSA) is 116 Å². The lowest BCUT2D eigenvalue weighted by atomic mass is 10.0. The molecule has 1 aromatic carbocycles. The molecule has 9 nitrogen and oxygen atoms in total. The number of carbonyl (C=O) groups excluding carboxylic acids is 1. The van der Waals surface area contributed by atoms with Crippen LogP contribution < -0.4 is 10.8 Å². The number of halogens is 3. The molecule has 0 fully saturated rings. The molecule has 2 aromatic heterocycles. The number of anilines is 1. The lowest BCUT2D eigenvalue weighted by Crippen LogP contribution is -2.23. The highest BCUT2D eigenvalue weighted by Gasteiger charge is 2.22. The van der Waals surface area contributed by atoms with E-state index in [4.69, 9.17) is 5.21 Å². The first kappa shape index (κ1) is 24.8. The predicted molar refractivity (Wildman–Crippen MR) is 121 cm³/mol. The molecule has 3 aromatic rings. The van der Waals surface area contributed by atoms with Crippen LogP contribution in [0.1, 0.15) is 53.6 Å². The van der Waals surface area contributed by atoms with Crippen molar-refractivity contribution < 1.29 is 23.2 Å². The van der Waals surface area contributed by atoms with Crippen LogP contribution in [0.5, 0.6) is 0 Å². The number of benzene rings is 1. The molecule has 3 N–H and O–H groups in total. The van der Waals surface area contributed by atoms with E-state index in [1.807, 2.05) is 5.48 Å². The normalized spacial score (nSPS) is 12.7. The molecule has 0 aliphatic rings. The first-order chi connectivity index (χ1) is 16.0. The third kappa shape index (κ3) is 5.06. The summed E-state index contributed by atoms with van der Waals surface area (Å²) in [5.74, 6) is -0.712. The molecule has 0 saturated carbocycles. The van der Waals surface area contributed by atoms with E-state index in [-0.39, 0.29) is 34.2 Å². The molecule has 12 heteroatoms. The van der Waals surface area contributed by atoms with Crippen LogP contribution in [-0.4, -0.2) is 50.9 Å². The van der Waals surface area contributed by atoms with Gasteiger partial charge in [0, 0.05) is 19.7 Å². The van der Waals surface area contributed by atoms with Crippen molar-refractivity contribution in [3.63, 3.8) is 0 Å². The number of hydroxylamine groups is 1. The Morgan fingerprint density at radius 1 is 1.18 bits per heavy atom. The molecule has 0 bridgehead atoms. The van der Waals surface area contributed by atoms with E-state index in [1.165, 1.54) is 30.0 Å². The highest BCUT2D eigenvalue weighted by atomic mass is 19.3. The number of amidine groups is 1. The molecular weight excluding hydrogens is 451 g/mol. The van der Waals surface area contributed by atoms with E-state index >= 15 is 0 Å². The smallest absolute Gasteiger partial charge is 0.266 e. The maximum Gasteiger partial charge on any atom is 0.266 e. The zero-order valence-electron chi connectivity index (χ0n) is 19.2. The summed E-state index contributed by atoms with van der Waals surface area (Å²) in [6.45, 7) is 4.71. The van der Waals surface area contributed by atoms with E-state index in [2.05, 4.69) is 25.3 Å². The number of amides is 1. The number of rotatable bonds is 6. The van der Waals surface area contributed by atoms with Crippen LogP contribution in [0, 0.1) is 12.7 Å². The van der Waals surface area contributed by atoms with Crippen LogP contribution in [0.4, 0.5) is 24.8 Å². The number of nitrogens with one attached hydrogen (secondary N) is 2. The first-order valence-electron chi connectivity index (χ1n) is 10.2. The summed E-state index contributed by atoms with van der Waals surface area (Å²) in [6.07, 6.45) is -2.95. The van der Waals surface area contributed by atoms with E-state index < -0.39 is 29.8 Å². The highest BCUT2D eigenvalue weighted by Crippen LogP contribution is 2.32. The summed E-state index contributed by atoms with van der Waals surface area (Å²) in [5.41, 5.74) is 1.55. The van der Waals surface area contributed by atoms with Crippen molar-refractivity contribution in [3.8, 4) is 0 Å².